The second kappa shape index (κ2) is 5.76. The highest BCUT2D eigenvalue weighted by Crippen LogP contribution is 2.31. The molecule has 21 heavy (non-hydrogen) atoms. The topological polar surface area (TPSA) is 24.9 Å². The van der Waals surface area contributed by atoms with E-state index in [2.05, 4.69) is 45.1 Å². The van der Waals surface area contributed by atoms with Crippen LogP contribution in [0, 0.1) is 13.8 Å². The Balaban J connectivity index is 2.22. The summed E-state index contributed by atoms with van der Waals surface area (Å²) < 4.78 is 0. The van der Waals surface area contributed by atoms with E-state index in [1.165, 1.54) is 58.1 Å². The molecule has 0 spiro atoms. The van der Waals surface area contributed by atoms with Gasteiger partial charge >= 0.3 is 0 Å². The van der Waals surface area contributed by atoms with Crippen LogP contribution in [0.15, 0.2) is 12.1 Å². The Hall–Kier alpha value is -1.41. The van der Waals surface area contributed by atoms with Crippen LogP contribution in [0.5, 0.6) is 0 Å². The molecule has 1 aliphatic rings. The summed E-state index contributed by atoms with van der Waals surface area (Å²) in [4.78, 5) is 5.04. The summed E-state index contributed by atoms with van der Waals surface area (Å²) >= 11 is 0. The van der Waals surface area contributed by atoms with E-state index in [4.69, 9.17) is 4.98 Å². The van der Waals surface area contributed by atoms with Crippen LogP contribution in [0.3, 0.4) is 0 Å². The zero-order chi connectivity index (χ0) is 15.0. The van der Waals surface area contributed by atoms with Crippen molar-refractivity contribution in [3.63, 3.8) is 0 Å². The van der Waals surface area contributed by atoms with Gasteiger partial charge in [-0.05, 0) is 61.8 Å². The molecule has 0 atom stereocenters. The van der Waals surface area contributed by atoms with Gasteiger partial charge in [0.25, 0.3) is 0 Å². The highest BCUT2D eigenvalue weighted by atomic mass is 14.9. The van der Waals surface area contributed by atoms with Crippen molar-refractivity contribution in [3.8, 4) is 0 Å². The molecule has 0 aliphatic heterocycles. The van der Waals surface area contributed by atoms with E-state index < -0.39 is 0 Å². The maximum atomic E-state index is 5.04. The molecule has 2 nitrogen and oxygen atoms in total. The van der Waals surface area contributed by atoms with Crippen molar-refractivity contribution in [2.45, 2.75) is 66.0 Å². The number of fused-ring (bicyclic) bond motifs is 2. The largest absolute Gasteiger partial charge is 0.310 e. The molecule has 0 saturated heterocycles. The Labute approximate surface area is 128 Å². The molecule has 1 aromatic heterocycles. The third kappa shape index (κ3) is 2.69. The minimum absolute atomic E-state index is 0.513. The van der Waals surface area contributed by atoms with Crippen LogP contribution in [0.25, 0.3) is 10.9 Å². The molecule has 1 aromatic carbocycles. The predicted molar refractivity (Wildman–Crippen MR) is 89.8 cm³/mol. The van der Waals surface area contributed by atoms with Gasteiger partial charge in [0.1, 0.15) is 0 Å². The summed E-state index contributed by atoms with van der Waals surface area (Å²) in [6, 6.07) is 5.03. The maximum Gasteiger partial charge on any atom is 0.0740 e. The van der Waals surface area contributed by atoms with Gasteiger partial charge in [0.05, 0.1) is 5.52 Å². The van der Waals surface area contributed by atoms with Gasteiger partial charge in [-0.25, -0.2) is 0 Å². The first-order chi connectivity index (χ1) is 10.1. The van der Waals surface area contributed by atoms with E-state index in [1.807, 2.05) is 0 Å². The summed E-state index contributed by atoms with van der Waals surface area (Å²) in [7, 11) is 0. The predicted octanol–water partition coefficient (Wildman–Crippen LogP) is 4.23. The molecular weight excluding hydrogens is 256 g/mol. The van der Waals surface area contributed by atoms with Crippen LogP contribution >= 0.6 is 0 Å². The Morgan fingerprint density at radius 2 is 1.90 bits per heavy atom. The fraction of sp³-hybridized carbons (Fsp3) is 0.526. The Kier molecular flexibility index (Phi) is 3.99. The molecular formula is C19H26N2. The molecule has 0 saturated carbocycles. The lowest BCUT2D eigenvalue weighted by Crippen LogP contribution is -2.24. The van der Waals surface area contributed by atoms with Gasteiger partial charge in [-0.2, -0.15) is 0 Å². The van der Waals surface area contributed by atoms with Gasteiger partial charge < -0.3 is 5.32 Å². The second-order valence-corrected chi connectivity index (χ2v) is 6.66. The fourth-order valence-corrected chi connectivity index (χ4v) is 3.33. The highest BCUT2D eigenvalue weighted by Gasteiger charge is 2.19. The summed E-state index contributed by atoms with van der Waals surface area (Å²) in [6.07, 6.45) is 4.93. The van der Waals surface area contributed by atoms with Gasteiger partial charge in [0.2, 0.25) is 0 Å². The van der Waals surface area contributed by atoms with Crippen LogP contribution < -0.4 is 5.32 Å². The second-order valence-electron chi connectivity index (χ2n) is 6.66. The number of benzene rings is 1. The van der Waals surface area contributed by atoms with Gasteiger partial charge in [0.15, 0.2) is 0 Å². The van der Waals surface area contributed by atoms with Crippen molar-refractivity contribution in [1.29, 1.82) is 0 Å². The van der Waals surface area contributed by atoms with Gasteiger partial charge in [-0.15, -0.1) is 0 Å². The fourth-order valence-electron chi connectivity index (χ4n) is 3.33. The molecule has 112 valence electrons. The van der Waals surface area contributed by atoms with Crippen molar-refractivity contribution in [3.05, 3.63) is 40.1 Å². The van der Waals surface area contributed by atoms with Crippen molar-refractivity contribution < 1.29 is 0 Å². The van der Waals surface area contributed by atoms with Crippen molar-refractivity contribution in [2.75, 3.05) is 0 Å². The molecule has 1 N–H and O–H groups in total. The zero-order valence-corrected chi connectivity index (χ0v) is 13.7. The van der Waals surface area contributed by atoms with E-state index in [9.17, 15) is 0 Å². The number of nitrogens with zero attached hydrogens (tertiary/aromatic N) is 1. The van der Waals surface area contributed by atoms with Crippen LogP contribution in [0.2, 0.25) is 0 Å². The molecule has 3 rings (SSSR count). The SMILES string of the molecule is Cc1ccc2c(CNC(C)C)c3c(nc2c1C)CCCC3. The number of rotatable bonds is 3. The highest BCUT2D eigenvalue weighted by molar-refractivity contribution is 5.87. The monoisotopic (exact) mass is 282 g/mol. The summed E-state index contributed by atoms with van der Waals surface area (Å²) in [6.45, 7) is 9.78. The van der Waals surface area contributed by atoms with Crippen molar-refractivity contribution >= 4 is 10.9 Å². The minimum atomic E-state index is 0.513. The van der Waals surface area contributed by atoms with E-state index >= 15 is 0 Å². The molecule has 2 aromatic rings. The molecule has 0 bridgehead atoms. The van der Waals surface area contributed by atoms with Crippen molar-refractivity contribution in [2.24, 2.45) is 0 Å². The van der Waals surface area contributed by atoms with E-state index in [0.717, 1.165) is 13.0 Å². The first kappa shape index (κ1) is 14.5. The van der Waals surface area contributed by atoms with Crippen molar-refractivity contribution in [1.82, 2.24) is 10.3 Å². The number of aryl methyl sites for hydroxylation is 3. The lowest BCUT2D eigenvalue weighted by molar-refractivity contribution is 0.581. The third-order valence-electron chi connectivity index (χ3n) is 4.76. The van der Waals surface area contributed by atoms with E-state index in [-0.39, 0.29) is 0 Å². The van der Waals surface area contributed by atoms with E-state index in [0.29, 0.717) is 6.04 Å². The third-order valence-corrected chi connectivity index (χ3v) is 4.76. The Bertz CT molecular complexity index is 671. The molecule has 0 fully saturated rings. The number of hydrogen-bond donors (Lipinski definition) is 1. The molecule has 0 amide bonds. The standard InChI is InChI=1S/C19H26N2/c1-12(2)20-11-17-15-7-5-6-8-18(15)21-19-14(4)13(3)9-10-16(17)19/h9-10,12,20H,5-8,11H2,1-4H3. The van der Waals surface area contributed by atoms with Gasteiger partial charge in [-0.3, -0.25) is 4.98 Å². The number of pyridine rings is 1. The molecule has 1 heterocycles. The smallest absolute Gasteiger partial charge is 0.0740 e. The lowest BCUT2D eigenvalue weighted by Gasteiger charge is -2.23. The lowest BCUT2D eigenvalue weighted by atomic mass is 9.88. The first-order valence-corrected chi connectivity index (χ1v) is 8.22. The van der Waals surface area contributed by atoms with E-state index in [1.54, 1.807) is 0 Å². The van der Waals surface area contributed by atoms with Crippen LogP contribution in [-0.2, 0) is 19.4 Å². The van der Waals surface area contributed by atoms with Crippen LogP contribution in [0.1, 0.15) is 54.6 Å². The number of hydrogen-bond acceptors (Lipinski definition) is 2. The average Bonchev–Trinajstić information content (AvgIpc) is 2.48. The molecule has 1 aliphatic carbocycles. The van der Waals surface area contributed by atoms with Gasteiger partial charge in [0, 0.05) is 23.7 Å². The molecule has 0 radical (unpaired) electrons. The Morgan fingerprint density at radius 3 is 2.67 bits per heavy atom. The maximum absolute atomic E-state index is 5.04. The average molecular weight is 282 g/mol. The zero-order valence-electron chi connectivity index (χ0n) is 13.7. The normalized spacial score (nSPS) is 14.7. The Morgan fingerprint density at radius 1 is 1.14 bits per heavy atom. The first-order valence-electron chi connectivity index (χ1n) is 8.22. The summed E-state index contributed by atoms with van der Waals surface area (Å²) in [5, 5.41) is 4.96. The number of nitrogens with one attached hydrogen (secondary N) is 1. The van der Waals surface area contributed by atoms with Gasteiger partial charge in [-0.1, -0.05) is 26.0 Å². The summed E-state index contributed by atoms with van der Waals surface area (Å²) in [5.74, 6) is 0. The minimum Gasteiger partial charge on any atom is -0.310 e. The molecule has 2 heteroatoms. The number of aromatic nitrogens is 1. The quantitative estimate of drug-likeness (QED) is 0.911. The molecule has 0 unspecified atom stereocenters. The van der Waals surface area contributed by atoms with Crippen LogP contribution in [0.4, 0.5) is 0 Å². The summed E-state index contributed by atoms with van der Waals surface area (Å²) in [5.41, 5.74) is 8.26. The van der Waals surface area contributed by atoms with Crippen LogP contribution in [-0.4, -0.2) is 11.0 Å².